The molecule has 1 fully saturated rings. The van der Waals surface area contributed by atoms with Gasteiger partial charge < -0.3 is 9.67 Å². The molecular formula is C14H14FN3O2S. The van der Waals surface area contributed by atoms with E-state index in [1.165, 1.54) is 6.07 Å². The summed E-state index contributed by atoms with van der Waals surface area (Å²) in [7, 11) is 0. The summed E-state index contributed by atoms with van der Waals surface area (Å²) in [5.74, 6) is -0.510. The second kappa shape index (κ2) is 5.85. The molecule has 0 amide bonds. The number of rotatable bonds is 6. The van der Waals surface area contributed by atoms with Gasteiger partial charge >= 0.3 is 5.97 Å². The van der Waals surface area contributed by atoms with Gasteiger partial charge in [0.05, 0.1) is 5.75 Å². The van der Waals surface area contributed by atoms with Crippen molar-refractivity contribution in [1.82, 2.24) is 14.8 Å². The minimum Gasteiger partial charge on any atom is -0.481 e. The number of benzene rings is 1. The molecule has 110 valence electrons. The van der Waals surface area contributed by atoms with Crippen LogP contribution in [-0.4, -0.2) is 31.6 Å². The van der Waals surface area contributed by atoms with Crippen LogP contribution in [0, 0.1) is 5.82 Å². The van der Waals surface area contributed by atoms with E-state index in [4.69, 9.17) is 5.11 Å². The molecule has 0 unspecified atom stereocenters. The third kappa shape index (κ3) is 3.24. The van der Waals surface area contributed by atoms with E-state index in [9.17, 15) is 9.18 Å². The molecule has 0 bridgehead atoms. The molecule has 0 atom stereocenters. The van der Waals surface area contributed by atoms with Gasteiger partial charge in [-0.15, -0.1) is 10.2 Å². The molecule has 2 aromatic rings. The first-order valence-corrected chi connectivity index (χ1v) is 7.65. The third-order valence-electron chi connectivity index (χ3n) is 3.28. The highest BCUT2D eigenvalue weighted by Gasteiger charge is 2.30. The number of aliphatic carboxylic acids is 1. The van der Waals surface area contributed by atoms with Crippen LogP contribution in [0.3, 0.4) is 0 Å². The fraction of sp³-hybridized carbons (Fsp3) is 0.357. The molecule has 1 aliphatic rings. The Hall–Kier alpha value is -1.89. The van der Waals surface area contributed by atoms with Crippen LogP contribution in [0.5, 0.6) is 0 Å². The van der Waals surface area contributed by atoms with Crippen molar-refractivity contribution in [3.05, 3.63) is 41.5 Å². The zero-order valence-electron chi connectivity index (χ0n) is 11.2. The lowest BCUT2D eigenvalue weighted by atomic mass is 10.1. The number of carboxylic acid groups (broad SMARTS) is 1. The molecule has 0 aliphatic heterocycles. The second-order valence-electron chi connectivity index (χ2n) is 4.95. The van der Waals surface area contributed by atoms with E-state index in [2.05, 4.69) is 10.2 Å². The molecule has 1 aromatic heterocycles. The van der Waals surface area contributed by atoms with E-state index in [0.29, 0.717) is 29.0 Å². The van der Waals surface area contributed by atoms with E-state index in [1.807, 2.05) is 4.57 Å². The summed E-state index contributed by atoms with van der Waals surface area (Å²) in [6.07, 6.45) is 2.43. The summed E-state index contributed by atoms with van der Waals surface area (Å²) >= 11 is 1.16. The Morgan fingerprint density at radius 1 is 1.38 bits per heavy atom. The van der Waals surface area contributed by atoms with Gasteiger partial charge in [0.25, 0.3) is 0 Å². The van der Waals surface area contributed by atoms with Crippen molar-refractivity contribution in [2.75, 3.05) is 5.75 Å². The molecule has 1 aliphatic carbocycles. The van der Waals surface area contributed by atoms with E-state index < -0.39 is 5.97 Å². The van der Waals surface area contributed by atoms with Gasteiger partial charge in [-0.2, -0.15) is 0 Å². The van der Waals surface area contributed by atoms with E-state index in [-0.39, 0.29) is 11.6 Å². The van der Waals surface area contributed by atoms with Gasteiger partial charge in [-0.3, -0.25) is 4.79 Å². The number of thioether (sulfide) groups is 1. The minimum atomic E-state index is -0.888. The number of aromatic nitrogens is 3. The maximum atomic E-state index is 13.7. The molecule has 3 rings (SSSR count). The molecule has 1 N–H and O–H groups in total. The quantitative estimate of drug-likeness (QED) is 0.831. The Morgan fingerprint density at radius 2 is 2.14 bits per heavy atom. The lowest BCUT2D eigenvalue weighted by Gasteiger charge is -2.08. The highest BCUT2D eigenvalue weighted by Crippen LogP contribution is 2.39. The van der Waals surface area contributed by atoms with Gasteiger partial charge in [0.1, 0.15) is 11.6 Å². The van der Waals surface area contributed by atoms with Gasteiger partial charge in [0, 0.05) is 12.5 Å². The first-order chi connectivity index (χ1) is 10.1. The lowest BCUT2D eigenvalue weighted by molar-refractivity contribution is -0.133. The average Bonchev–Trinajstić information content (AvgIpc) is 3.21. The smallest absolute Gasteiger partial charge is 0.313 e. The average molecular weight is 307 g/mol. The summed E-state index contributed by atoms with van der Waals surface area (Å²) in [6.45, 7) is 0. The van der Waals surface area contributed by atoms with Crippen molar-refractivity contribution in [3.8, 4) is 0 Å². The summed E-state index contributed by atoms with van der Waals surface area (Å²) in [4.78, 5) is 10.7. The van der Waals surface area contributed by atoms with Gasteiger partial charge in [-0.05, 0) is 24.5 Å². The highest BCUT2D eigenvalue weighted by atomic mass is 32.2. The van der Waals surface area contributed by atoms with Crippen LogP contribution in [0.25, 0.3) is 0 Å². The van der Waals surface area contributed by atoms with Crippen LogP contribution >= 0.6 is 11.8 Å². The SMILES string of the molecule is O=C(O)CSc1nnc(Cc2ccccc2F)n1C1CC1. The molecule has 0 radical (unpaired) electrons. The summed E-state index contributed by atoms with van der Waals surface area (Å²) in [5.41, 5.74) is 0.571. The fourth-order valence-corrected chi connectivity index (χ4v) is 2.91. The number of nitrogens with zero attached hydrogens (tertiary/aromatic N) is 3. The van der Waals surface area contributed by atoms with E-state index >= 15 is 0 Å². The molecule has 1 heterocycles. The standard InChI is InChI=1S/C14H14FN3O2S/c15-11-4-2-1-3-9(11)7-12-16-17-14(21-8-13(19)20)18(12)10-5-6-10/h1-4,10H,5-8H2,(H,19,20). The molecule has 21 heavy (non-hydrogen) atoms. The van der Waals surface area contributed by atoms with Crippen LogP contribution in [0.1, 0.15) is 30.3 Å². The summed E-state index contributed by atoms with van der Waals surface area (Å²) < 4.78 is 15.7. The summed E-state index contributed by atoms with van der Waals surface area (Å²) in [6, 6.07) is 6.91. The number of carbonyl (C=O) groups is 1. The van der Waals surface area contributed by atoms with Crippen molar-refractivity contribution >= 4 is 17.7 Å². The maximum absolute atomic E-state index is 13.7. The van der Waals surface area contributed by atoms with Gasteiger partial charge in [0.15, 0.2) is 5.16 Å². The van der Waals surface area contributed by atoms with Crippen molar-refractivity contribution in [1.29, 1.82) is 0 Å². The zero-order chi connectivity index (χ0) is 14.8. The highest BCUT2D eigenvalue weighted by molar-refractivity contribution is 7.99. The van der Waals surface area contributed by atoms with Crippen molar-refractivity contribution in [2.45, 2.75) is 30.5 Å². The molecule has 1 saturated carbocycles. The Bertz CT molecular complexity index is 670. The zero-order valence-corrected chi connectivity index (χ0v) is 12.0. The minimum absolute atomic E-state index is 0.0510. The fourth-order valence-electron chi connectivity index (χ4n) is 2.16. The van der Waals surface area contributed by atoms with Crippen molar-refractivity contribution in [3.63, 3.8) is 0 Å². The Morgan fingerprint density at radius 3 is 2.81 bits per heavy atom. The molecular weight excluding hydrogens is 293 g/mol. The normalized spacial score (nSPS) is 14.3. The largest absolute Gasteiger partial charge is 0.481 e. The first-order valence-electron chi connectivity index (χ1n) is 6.67. The topological polar surface area (TPSA) is 68.0 Å². The number of carboxylic acids is 1. The number of halogens is 1. The van der Waals surface area contributed by atoms with Crippen LogP contribution in [-0.2, 0) is 11.2 Å². The van der Waals surface area contributed by atoms with Gasteiger partial charge in [-0.1, -0.05) is 30.0 Å². The maximum Gasteiger partial charge on any atom is 0.313 e. The Kier molecular flexibility index (Phi) is 3.92. The summed E-state index contributed by atoms with van der Waals surface area (Å²) in [5, 5.41) is 17.6. The van der Waals surface area contributed by atoms with Gasteiger partial charge in [-0.25, -0.2) is 4.39 Å². The molecule has 1 aromatic carbocycles. The molecule has 0 saturated heterocycles. The monoisotopic (exact) mass is 307 g/mol. The van der Waals surface area contributed by atoms with Crippen LogP contribution < -0.4 is 0 Å². The lowest BCUT2D eigenvalue weighted by Crippen LogP contribution is -2.06. The number of hydrogen-bond donors (Lipinski definition) is 1. The predicted molar refractivity (Wildman–Crippen MR) is 75.9 cm³/mol. The second-order valence-corrected chi connectivity index (χ2v) is 5.89. The molecule has 7 heteroatoms. The molecule has 5 nitrogen and oxygen atoms in total. The van der Waals surface area contributed by atoms with Crippen molar-refractivity contribution < 1.29 is 14.3 Å². The van der Waals surface area contributed by atoms with Crippen molar-refractivity contribution in [2.24, 2.45) is 0 Å². The predicted octanol–water partition coefficient (Wildman–Crippen LogP) is 2.52. The Labute approximate surface area is 125 Å². The number of hydrogen-bond acceptors (Lipinski definition) is 4. The van der Waals surface area contributed by atoms with Gasteiger partial charge in [0.2, 0.25) is 0 Å². The van der Waals surface area contributed by atoms with Crippen LogP contribution in [0.2, 0.25) is 0 Å². The van der Waals surface area contributed by atoms with Crippen LogP contribution in [0.15, 0.2) is 29.4 Å². The van der Waals surface area contributed by atoms with E-state index in [0.717, 1.165) is 24.6 Å². The van der Waals surface area contributed by atoms with E-state index in [1.54, 1.807) is 18.2 Å². The Balaban J connectivity index is 1.85. The molecule has 0 spiro atoms. The first kappa shape index (κ1) is 14.1. The third-order valence-corrected chi connectivity index (χ3v) is 4.21. The van der Waals surface area contributed by atoms with Crippen LogP contribution in [0.4, 0.5) is 4.39 Å².